The lowest BCUT2D eigenvalue weighted by molar-refractivity contribution is -0.387. The summed E-state index contributed by atoms with van der Waals surface area (Å²) in [5.74, 6) is 0. The number of rotatable bonds is 7. The van der Waals surface area contributed by atoms with E-state index in [0.29, 0.717) is 12.0 Å². The number of nitro groups is 1. The molecule has 1 aromatic carbocycles. The lowest BCUT2D eigenvalue weighted by Gasteiger charge is -2.27. The van der Waals surface area contributed by atoms with E-state index in [-0.39, 0.29) is 17.1 Å². The largest absolute Gasteiger partial charge is 0.314 e. The third kappa shape index (κ3) is 4.71. The molecule has 0 unspecified atom stereocenters. The second kappa shape index (κ2) is 7.82. The first-order chi connectivity index (χ1) is 10.9. The van der Waals surface area contributed by atoms with E-state index in [1.165, 1.54) is 12.1 Å². The minimum Gasteiger partial charge on any atom is -0.314 e. The number of sulfonamides is 1. The van der Waals surface area contributed by atoms with Crippen LogP contribution in [0, 0.1) is 17.0 Å². The number of hydrogen-bond donors (Lipinski definition) is 2. The molecule has 2 N–H and O–H groups in total. The van der Waals surface area contributed by atoms with Gasteiger partial charge in [-0.2, -0.15) is 0 Å². The van der Waals surface area contributed by atoms with Gasteiger partial charge < -0.3 is 10.2 Å². The lowest BCUT2D eigenvalue weighted by Crippen LogP contribution is -2.44. The molecule has 0 radical (unpaired) electrons. The molecule has 1 aliphatic heterocycles. The van der Waals surface area contributed by atoms with Gasteiger partial charge in [0.05, 0.1) is 4.92 Å². The molecule has 0 bridgehead atoms. The summed E-state index contributed by atoms with van der Waals surface area (Å²) in [7, 11) is -3.89. The highest BCUT2D eigenvalue weighted by atomic mass is 32.2. The average molecular weight is 342 g/mol. The van der Waals surface area contributed by atoms with E-state index >= 15 is 0 Å². The van der Waals surface area contributed by atoms with Crippen molar-refractivity contribution in [3.63, 3.8) is 0 Å². The number of benzene rings is 1. The number of hydrogen-bond acceptors (Lipinski definition) is 6. The maximum absolute atomic E-state index is 12.4. The van der Waals surface area contributed by atoms with Gasteiger partial charge in [-0.25, -0.2) is 13.1 Å². The third-order valence-corrected chi connectivity index (χ3v) is 5.46. The normalized spacial score (nSPS) is 16.4. The fourth-order valence-corrected chi connectivity index (χ4v) is 4.11. The SMILES string of the molecule is Cc1cccc([N+](=O)[O-])c1S(=O)(=O)NCCCN1CCNCC1. The maximum atomic E-state index is 12.4. The first kappa shape index (κ1) is 17.8. The molecule has 0 amide bonds. The number of nitrogens with zero attached hydrogens (tertiary/aromatic N) is 2. The quantitative estimate of drug-likeness (QED) is 0.424. The zero-order valence-corrected chi connectivity index (χ0v) is 13.9. The van der Waals surface area contributed by atoms with Crippen LogP contribution >= 0.6 is 0 Å². The summed E-state index contributed by atoms with van der Waals surface area (Å²) in [6.45, 7) is 6.43. The minimum atomic E-state index is -3.89. The minimum absolute atomic E-state index is 0.243. The van der Waals surface area contributed by atoms with Crippen LogP contribution < -0.4 is 10.0 Å². The smallest absolute Gasteiger partial charge is 0.289 e. The lowest BCUT2D eigenvalue weighted by atomic mass is 10.2. The van der Waals surface area contributed by atoms with Crippen LogP contribution in [0.15, 0.2) is 23.1 Å². The molecule has 1 fully saturated rings. The Balaban J connectivity index is 1.98. The molecule has 0 atom stereocenters. The summed E-state index contributed by atoms with van der Waals surface area (Å²) in [5, 5.41) is 14.3. The molecule has 1 aliphatic rings. The first-order valence-corrected chi connectivity index (χ1v) is 9.07. The number of aryl methyl sites for hydroxylation is 1. The average Bonchev–Trinajstić information content (AvgIpc) is 2.52. The van der Waals surface area contributed by atoms with Crippen molar-refractivity contribution in [2.45, 2.75) is 18.2 Å². The Morgan fingerprint density at radius 1 is 1.35 bits per heavy atom. The first-order valence-electron chi connectivity index (χ1n) is 7.58. The molecule has 1 aromatic rings. The molecule has 0 aromatic heterocycles. The van der Waals surface area contributed by atoms with Crippen LogP contribution in [-0.2, 0) is 10.0 Å². The van der Waals surface area contributed by atoms with Crippen LogP contribution in [0.2, 0.25) is 0 Å². The van der Waals surface area contributed by atoms with Crippen LogP contribution in [0.5, 0.6) is 0 Å². The summed E-state index contributed by atoms with van der Waals surface area (Å²) in [4.78, 5) is 12.4. The van der Waals surface area contributed by atoms with Gasteiger partial charge in [0.1, 0.15) is 0 Å². The molecule has 1 saturated heterocycles. The van der Waals surface area contributed by atoms with Gasteiger partial charge in [-0.05, 0) is 25.5 Å². The van der Waals surface area contributed by atoms with E-state index in [1.54, 1.807) is 13.0 Å². The number of piperazine rings is 1. The predicted octanol–water partition coefficient (Wildman–Crippen LogP) is 0.477. The molecule has 0 spiro atoms. The topological polar surface area (TPSA) is 105 Å². The van der Waals surface area contributed by atoms with Gasteiger partial charge in [0.25, 0.3) is 5.69 Å². The van der Waals surface area contributed by atoms with Gasteiger partial charge in [-0.3, -0.25) is 10.1 Å². The molecule has 2 rings (SSSR count). The third-order valence-electron chi connectivity index (χ3n) is 3.81. The number of nitrogens with one attached hydrogen (secondary N) is 2. The molecule has 0 aliphatic carbocycles. The molecular weight excluding hydrogens is 320 g/mol. The van der Waals surface area contributed by atoms with E-state index < -0.39 is 14.9 Å². The van der Waals surface area contributed by atoms with Crippen molar-refractivity contribution in [3.8, 4) is 0 Å². The monoisotopic (exact) mass is 342 g/mol. The summed E-state index contributed by atoms with van der Waals surface area (Å²) in [6.07, 6.45) is 0.666. The fraction of sp³-hybridized carbons (Fsp3) is 0.571. The molecule has 128 valence electrons. The van der Waals surface area contributed by atoms with Crippen molar-refractivity contribution in [2.24, 2.45) is 0 Å². The zero-order valence-electron chi connectivity index (χ0n) is 13.1. The highest BCUT2D eigenvalue weighted by Gasteiger charge is 2.27. The molecular formula is C14H22N4O4S. The van der Waals surface area contributed by atoms with Gasteiger partial charge in [-0.15, -0.1) is 0 Å². The van der Waals surface area contributed by atoms with E-state index in [2.05, 4.69) is 14.9 Å². The maximum Gasteiger partial charge on any atom is 0.289 e. The standard InChI is InChI=1S/C14H22N4O4S/c1-12-4-2-5-13(18(19)20)14(12)23(21,22)16-6-3-9-17-10-7-15-8-11-17/h2,4-5,15-16H,3,6-11H2,1H3. The molecule has 23 heavy (non-hydrogen) atoms. The fourth-order valence-electron chi connectivity index (χ4n) is 2.65. The van der Waals surface area contributed by atoms with Crippen molar-refractivity contribution in [3.05, 3.63) is 33.9 Å². The Kier molecular flexibility index (Phi) is 6.05. The van der Waals surface area contributed by atoms with Crippen molar-refractivity contribution in [2.75, 3.05) is 39.3 Å². The van der Waals surface area contributed by atoms with Crippen molar-refractivity contribution < 1.29 is 13.3 Å². The molecule has 8 nitrogen and oxygen atoms in total. The van der Waals surface area contributed by atoms with E-state index in [0.717, 1.165) is 32.7 Å². The van der Waals surface area contributed by atoms with Crippen LogP contribution in [0.25, 0.3) is 0 Å². The second-order valence-corrected chi connectivity index (χ2v) is 7.23. The summed E-state index contributed by atoms with van der Waals surface area (Å²) >= 11 is 0. The Morgan fingerprint density at radius 2 is 2.04 bits per heavy atom. The highest BCUT2D eigenvalue weighted by Crippen LogP contribution is 2.26. The Labute approximate surface area is 136 Å². The summed E-state index contributed by atoms with van der Waals surface area (Å²) in [6, 6.07) is 4.25. The van der Waals surface area contributed by atoms with Crippen molar-refractivity contribution in [1.29, 1.82) is 0 Å². The van der Waals surface area contributed by atoms with E-state index in [4.69, 9.17) is 0 Å². The Hall–Kier alpha value is -1.55. The Bertz CT molecular complexity index is 657. The Morgan fingerprint density at radius 3 is 2.70 bits per heavy atom. The second-order valence-electron chi connectivity index (χ2n) is 5.52. The van der Waals surface area contributed by atoms with Crippen molar-refractivity contribution in [1.82, 2.24) is 14.9 Å². The van der Waals surface area contributed by atoms with Crippen LogP contribution in [0.3, 0.4) is 0 Å². The zero-order chi connectivity index (χ0) is 16.9. The van der Waals surface area contributed by atoms with Gasteiger partial charge in [0.2, 0.25) is 10.0 Å². The van der Waals surface area contributed by atoms with E-state index in [9.17, 15) is 18.5 Å². The van der Waals surface area contributed by atoms with Gasteiger partial charge in [0, 0.05) is 38.8 Å². The predicted molar refractivity (Wildman–Crippen MR) is 86.9 cm³/mol. The van der Waals surface area contributed by atoms with Gasteiger partial charge in [0.15, 0.2) is 4.90 Å². The number of nitro benzene ring substituents is 1. The summed E-state index contributed by atoms with van der Waals surface area (Å²) in [5.41, 5.74) is -0.0200. The van der Waals surface area contributed by atoms with Crippen LogP contribution in [0.1, 0.15) is 12.0 Å². The van der Waals surface area contributed by atoms with E-state index in [1.807, 2.05) is 0 Å². The van der Waals surface area contributed by atoms with Gasteiger partial charge >= 0.3 is 0 Å². The molecule has 9 heteroatoms. The van der Waals surface area contributed by atoms with Crippen LogP contribution in [-0.4, -0.2) is 57.5 Å². The molecule has 1 heterocycles. The van der Waals surface area contributed by atoms with Crippen LogP contribution in [0.4, 0.5) is 5.69 Å². The molecule has 0 saturated carbocycles. The van der Waals surface area contributed by atoms with Gasteiger partial charge in [-0.1, -0.05) is 12.1 Å². The van der Waals surface area contributed by atoms with Crippen molar-refractivity contribution >= 4 is 15.7 Å². The summed E-state index contributed by atoms with van der Waals surface area (Å²) < 4.78 is 27.3. The highest BCUT2D eigenvalue weighted by molar-refractivity contribution is 7.89.